The van der Waals surface area contributed by atoms with Crippen LogP contribution in [0.4, 0.5) is 11.4 Å². The second-order valence-electron chi connectivity index (χ2n) is 6.76. The van der Waals surface area contributed by atoms with Crippen molar-refractivity contribution in [3.8, 4) is 0 Å². The van der Waals surface area contributed by atoms with Crippen molar-refractivity contribution in [2.45, 2.75) is 25.7 Å². The van der Waals surface area contributed by atoms with Crippen molar-refractivity contribution in [1.29, 1.82) is 0 Å². The van der Waals surface area contributed by atoms with E-state index in [0.717, 1.165) is 28.0 Å². The van der Waals surface area contributed by atoms with E-state index in [1.807, 2.05) is 45.0 Å². The van der Waals surface area contributed by atoms with Crippen LogP contribution in [0.3, 0.4) is 0 Å². The molecule has 1 N–H and O–H groups in total. The van der Waals surface area contributed by atoms with Gasteiger partial charge in [-0.25, -0.2) is 8.42 Å². The van der Waals surface area contributed by atoms with E-state index in [1.165, 1.54) is 17.4 Å². The van der Waals surface area contributed by atoms with Crippen molar-refractivity contribution >= 4 is 38.6 Å². The van der Waals surface area contributed by atoms with E-state index in [4.69, 9.17) is 0 Å². The third-order valence-corrected chi connectivity index (χ3v) is 7.19. The van der Waals surface area contributed by atoms with Gasteiger partial charge in [-0.05, 0) is 73.2 Å². The van der Waals surface area contributed by atoms with Crippen molar-refractivity contribution in [3.05, 3.63) is 75.5 Å². The first-order valence-corrected chi connectivity index (χ1v) is 11.0. The summed E-state index contributed by atoms with van der Waals surface area (Å²) in [6, 6.07) is 14.4. The molecule has 0 fully saturated rings. The second-order valence-corrected chi connectivity index (χ2v) is 9.61. The van der Waals surface area contributed by atoms with Crippen molar-refractivity contribution in [2.75, 3.05) is 16.7 Å². The van der Waals surface area contributed by atoms with Gasteiger partial charge in [0, 0.05) is 12.7 Å². The first-order chi connectivity index (χ1) is 13.2. The standard InChI is InChI=1S/C21H22N2O3S2/c1-14-6-5-7-18(13-14)23(4)28(25,26)19-8-9-27-20(19)21(24)22-17-11-15(2)10-16(3)12-17/h5-13H,1-4H3,(H,22,24). The molecule has 1 heterocycles. The molecule has 0 saturated carbocycles. The first-order valence-electron chi connectivity index (χ1n) is 8.71. The third-order valence-electron chi connectivity index (χ3n) is 4.32. The molecule has 3 rings (SSSR count). The van der Waals surface area contributed by atoms with Crippen LogP contribution in [-0.4, -0.2) is 21.4 Å². The van der Waals surface area contributed by atoms with E-state index < -0.39 is 15.9 Å². The van der Waals surface area contributed by atoms with Gasteiger partial charge >= 0.3 is 0 Å². The quantitative estimate of drug-likeness (QED) is 0.655. The zero-order valence-electron chi connectivity index (χ0n) is 16.2. The lowest BCUT2D eigenvalue weighted by molar-refractivity contribution is 0.102. The molecule has 0 aliphatic heterocycles. The summed E-state index contributed by atoms with van der Waals surface area (Å²) in [6.07, 6.45) is 0. The second kappa shape index (κ2) is 7.77. The predicted octanol–water partition coefficient (Wildman–Crippen LogP) is 4.75. The van der Waals surface area contributed by atoms with Crippen LogP contribution in [0.1, 0.15) is 26.4 Å². The summed E-state index contributed by atoms with van der Waals surface area (Å²) < 4.78 is 27.5. The molecule has 0 aliphatic rings. The van der Waals surface area contributed by atoms with Crippen LogP contribution >= 0.6 is 11.3 Å². The van der Waals surface area contributed by atoms with Crippen LogP contribution in [-0.2, 0) is 10.0 Å². The fourth-order valence-corrected chi connectivity index (χ4v) is 5.49. The normalized spacial score (nSPS) is 11.3. The molecule has 3 aromatic rings. The molecule has 0 radical (unpaired) electrons. The molecule has 0 saturated heterocycles. The SMILES string of the molecule is Cc1cc(C)cc(NC(=O)c2sccc2S(=O)(=O)N(C)c2cccc(C)c2)c1. The molecule has 0 aliphatic carbocycles. The Labute approximate surface area is 169 Å². The fraction of sp³-hybridized carbons (Fsp3) is 0.190. The van der Waals surface area contributed by atoms with Gasteiger partial charge in [-0.3, -0.25) is 9.10 Å². The van der Waals surface area contributed by atoms with Gasteiger partial charge in [-0.2, -0.15) is 0 Å². The minimum atomic E-state index is -3.87. The van der Waals surface area contributed by atoms with Crippen LogP contribution in [0.2, 0.25) is 0 Å². The fourth-order valence-electron chi connectivity index (χ4n) is 3.01. The van der Waals surface area contributed by atoms with Crippen LogP contribution in [0.25, 0.3) is 0 Å². The van der Waals surface area contributed by atoms with Gasteiger partial charge in [0.25, 0.3) is 15.9 Å². The Morgan fingerprint density at radius 3 is 2.29 bits per heavy atom. The third kappa shape index (κ3) is 4.10. The maximum absolute atomic E-state index is 13.1. The van der Waals surface area contributed by atoms with E-state index in [0.29, 0.717) is 11.4 Å². The summed E-state index contributed by atoms with van der Waals surface area (Å²) >= 11 is 1.11. The molecular formula is C21H22N2O3S2. The van der Waals surface area contributed by atoms with Crippen LogP contribution < -0.4 is 9.62 Å². The van der Waals surface area contributed by atoms with Crippen molar-refractivity contribution in [1.82, 2.24) is 0 Å². The number of hydrogen-bond acceptors (Lipinski definition) is 4. The average molecular weight is 415 g/mol. The maximum Gasteiger partial charge on any atom is 0.267 e. The summed E-state index contributed by atoms with van der Waals surface area (Å²) in [5, 5.41) is 4.43. The van der Waals surface area contributed by atoms with Crippen molar-refractivity contribution in [3.63, 3.8) is 0 Å². The number of hydrogen-bond donors (Lipinski definition) is 1. The van der Waals surface area contributed by atoms with E-state index in [1.54, 1.807) is 23.6 Å². The van der Waals surface area contributed by atoms with E-state index in [9.17, 15) is 13.2 Å². The van der Waals surface area contributed by atoms with Gasteiger partial charge in [0.05, 0.1) is 5.69 Å². The van der Waals surface area contributed by atoms with E-state index in [2.05, 4.69) is 5.32 Å². The van der Waals surface area contributed by atoms with Crippen molar-refractivity contribution < 1.29 is 13.2 Å². The maximum atomic E-state index is 13.1. The van der Waals surface area contributed by atoms with E-state index >= 15 is 0 Å². The molecule has 0 unspecified atom stereocenters. The summed E-state index contributed by atoms with van der Waals surface area (Å²) in [6.45, 7) is 5.79. The highest BCUT2D eigenvalue weighted by molar-refractivity contribution is 7.93. The number of nitrogens with zero attached hydrogens (tertiary/aromatic N) is 1. The Bertz CT molecular complexity index is 1110. The number of sulfonamides is 1. The smallest absolute Gasteiger partial charge is 0.267 e. The summed E-state index contributed by atoms with van der Waals surface area (Å²) in [4.78, 5) is 13.0. The average Bonchev–Trinajstić information content (AvgIpc) is 3.11. The van der Waals surface area contributed by atoms with Crippen LogP contribution in [0.15, 0.2) is 58.8 Å². The number of anilines is 2. The lowest BCUT2D eigenvalue weighted by Crippen LogP contribution is -2.28. The molecular weight excluding hydrogens is 392 g/mol. The molecule has 1 amide bonds. The molecule has 1 aromatic heterocycles. The Hall–Kier alpha value is -2.64. The van der Waals surface area contributed by atoms with Crippen LogP contribution in [0, 0.1) is 20.8 Å². The summed E-state index contributed by atoms with van der Waals surface area (Å²) in [7, 11) is -2.37. The number of nitrogens with one attached hydrogen (secondary N) is 1. The molecule has 0 atom stereocenters. The molecule has 7 heteroatoms. The predicted molar refractivity (Wildman–Crippen MR) is 115 cm³/mol. The number of rotatable bonds is 5. The Kier molecular flexibility index (Phi) is 5.58. The number of aryl methyl sites for hydroxylation is 3. The highest BCUT2D eigenvalue weighted by Gasteiger charge is 2.28. The van der Waals surface area contributed by atoms with Gasteiger partial charge < -0.3 is 5.32 Å². The molecule has 2 aromatic carbocycles. The number of amides is 1. The molecule has 146 valence electrons. The largest absolute Gasteiger partial charge is 0.321 e. The monoisotopic (exact) mass is 414 g/mol. The number of benzene rings is 2. The molecule has 28 heavy (non-hydrogen) atoms. The van der Waals surface area contributed by atoms with Gasteiger partial charge in [-0.15, -0.1) is 11.3 Å². The van der Waals surface area contributed by atoms with Gasteiger partial charge in [0.15, 0.2) is 0 Å². The number of carbonyl (C=O) groups is 1. The van der Waals surface area contributed by atoms with Gasteiger partial charge in [-0.1, -0.05) is 18.2 Å². The Balaban J connectivity index is 1.92. The number of carbonyl (C=O) groups excluding carboxylic acids is 1. The number of thiophene rings is 1. The minimum absolute atomic E-state index is 0.00313. The summed E-state index contributed by atoms with van der Waals surface area (Å²) in [5.74, 6) is -0.434. The topological polar surface area (TPSA) is 66.5 Å². The Morgan fingerprint density at radius 1 is 0.964 bits per heavy atom. The van der Waals surface area contributed by atoms with Crippen LogP contribution in [0.5, 0.6) is 0 Å². The lowest BCUT2D eigenvalue weighted by Gasteiger charge is -2.20. The molecule has 0 bridgehead atoms. The zero-order valence-corrected chi connectivity index (χ0v) is 17.8. The highest BCUT2D eigenvalue weighted by Crippen LogP contribution is 2.29. The van der Waals surface area contributed by atoms with Gasteiger partial charge in [0.2, 0.25) is 0 Å². The zero-order chi connectivity index (χ0) is 20.5. The lowest BCUT2D eigenvalue weighted by atomic mass is 10.1. The Morgan fingerprint density at radius 2 is 1.64 bits per heavy atom. The van der Waals surface area contributed by atoms with Crippen molar-refractivity contribution in [2.24, 2.45) is 0 Å². The van der Waals surface area contributed by atoms with Gasteiger partial charge in [0.1, 0.15) is 9.77 Å². The van der Waals surface area contributed by atoms with E-state index in [-0.39, 0.29) is 9.77 Å². The highest BCUT2D eigenvalue weighted by atomic mass is 32.2. The summed E-state index contributed by atoms with van der Waals surface area (Å²) in [5.41, 5.74) is 4.19. The minimum Gasteiger partial charge on any atom is -0.321 e. The first kappa shape index (κ1) is 20.1. The molecule has 0 spiro atoms. The molecule has 5 nitrogen and oxygen atoms in total.